The molecule has 0 heterocycles. The number of hydrogen-bond donors (Lipinski definition) is 0. The van der Waals surface area contributed by atoms with Gasteiger partial charge in [-0.2, -0.15) is 0 Å². The van der Waals surface area contributed by atoms with Crippen LogP contribution in [0.15, 0.2) is 29.4 Å². The molecule has 3 heteroatoms. The van der Waals surface area contributed by atoms with E-state index in [1.54, 1.807) is 7.11 Å². The lowest BCUT2D eigenvalue weighted by atomic mass is 9.64. The SMILES string of the molecule is COc1ccc2c(c1C)CCC1=C2CC[C@]2(C)C1=CC[C@@H]2OC(C)=O. The first-order valence-electron chi connectivity index (χ1n) is 9.23. The zero-order valence-corrected chi connectivity index (χ0v) is 15.6. The van der Waals surface area contributed by atoms with Crippen molar-refractivity contribution in [1.82, 2.24) is 0 Å². The van der Waals surface area contributed by atoms with Gasteiger partial charge in [0.2, 0.25) is 0 Å². The van der Waals surface area contributed by atoms with E-state index in [0.29, 0.717) is 0 Å². The van der Waals surface area contributed by atoms with Crippen LogP contribution in [-0.4, -0.2) is 19.2 Å². The summed E-state index contributed by atoms with van der Waals surface area (Å²) < 4.78 is 11.2. The molecule has 0 radical (unpaired) electrons. The maximum atomic E-state index is 11.5. The van der Waals surface area contributed by atoms with Crippen LogP contribution in [0.2, 0.25) is 0 Å². The quantitative estimate of drug-likeness (QED) is 0.729. The van der Waals surface area contributed by atoms with Crippen molar-refractivity contribution >= 4 is 11.5 Å². The van der Waals surface area contributed by atoms with E-state index in [0.717, 1.165) is 37.9 Å². The highest BCUT2D eigenvalue weighted by atomic mass is 16.5. The number of fused-ring (bicyclic) bond motifs is 4. The molecule has 2 atom stereocenters. The first-order chi connectivity index (χ1) is 12.0. The Kier molecular flexibility index (Phi) is 3.78. The number of benzene rings is 1. The van der Waals surface area contributed by atoms with E-state index < -0.39 is 0 Å². The number of rotatable bonds is 2. The standard InChI is InChI=1S/C22H26O3/c1-13-15-5-6-18-17(16(15)7-9-20(13)24-4)11-12-22(3)19(18)8-10-21(22)25-14(2)23/h7-9,21H,5-6,10-12H2,1-4H3/t21-,22+/m0/s1. The van der Waals surface area contributed by atoms with Crippen LogP contribution in [0, 0.1) is 12.3 Å². The minimum atomic E-state index is -0.169. The lowest BCUT2D eigenvalue weighted by Gasteiger charge is -2.42. The first kappa shape index (κ1) is 16.4. The van der Waals surface area contributed by atoms with Gasteiger partial charge in [-0.25, -0.2) is 0 Å². The minimum absolute atomic E-state index is 0.00643. The van der Waals surface area contributed by atoms with Gasteiger partial charge in [-0.15, -0.1) is 0 Å². The topological polar surface area (TPSA) is 35.5 Å². The van der Waals surface area contributed by atoms with Crippen LogP contribution in [0.25, 0.3) is 5.57 Å². The summed E-state index contributed by atoms with van der Waals surface area (Å²) >= 11 is 0. The van der Waals surface area contributed by atoms with Gasteiger partial charge in [-0.3, -0.25) is 4.79 Å². The molecule has 3 aliphatic carbocycles. The summed E-state index contributed by atoms with van der Waals surface area (Å²) in [5, 5.41) is 0. The minimum Gasteiger partial charge on any atom is -0.496 e. The maximum Gasteiger partial charge on any atom is 0.302 e. The summed E-state index contributed by atoms with van der Waals surface area (Å²) in [6, 6.07) is 4.33. The lowest BCUT2D eigenvalue weighted by Crippen LogP contribution is -2.36. The highest BCUT2D eigenvalue weighted by molar-refractivity contribution is 5.80. The first-order valence-corrected chi connectivity index (χ1v) is 9.23. The van der Waals surface area contributed by atoms with Crippen LogP contribution in [0.1, 0.15) is 56.2 Å². The number of carbonyl (C=O) groups is 1. The van der Waals surface area contributed by atoms with Gasteiger partial charge in [0.25, 0.3) is 0 Å². The molecule has 4 rings (SSSR count). The summed E-state index contributed by atoms with van der Waals surface area (Å²) in [4.78, 5) is 11.5. The fourth-order valence-corrected chi connectivity index (χ4v) is 5.13. The molecule has 0 bridgehead atoms. The van der Waals surface area contributed by atoms with Gasteiger partial charge in [0.1, 0.15) is 11.9 Å². The second-order valence-electron chi connectivity index (χ2n) is 7.75. The monoisotopic (exact) mass is 338 g/mol. The molecule has 1 aromatic carbocycles. The van der Waals surface area contributed by atoms with E-state index in [1.165, 1.54) is 40.3 Å². The van der Waals surface area contributed by atoms with Crippen molar-refractivity contribution in [2.24, 2.45) is 5.41 Å². The zero-order valence-electron chi connectivity index (χ0n) is 15.6. The maximum absolute atomic E-state index is 11.5. The van der Waals surface area contributed by atoms with Crippen LogP contribution >= 0.6 is 0 Å². The Balaban J connectivity index is 1.76. The number of hydrogen-bond acceptors (Lipinski definition) is 3. The Morgan fingerprint density at radius 3 is 2.72 bits per heavy atom. The summed E-state index contributed by atoms with van der Waals surface area (Å²) in [7, 11) is 1.74. The smallest absolute Gasteiger partial charge is 0.302 e. The third kappa shape index (κ3) is 2.36. The van der Waals surface area contributed by atoms with Gasteiger partial charge < -0.3 is 9.47 Å². The number of allylic oxidation sites excluding steroid dienone is 2. The molecule has 132 valence electrons. The molecule has 0 saturated carbocycles. The van der Waals surface area contributed by atoms with Crippen LogP contribution in [-0.2, 0) is 16.0 Å². The average molecular weight is 338 g/mol. The number of methoxy groups -OCH3 is 1. The molecule has 0 spiro atoms. The van der Waals surface area contributed by atoms with Crippen LogP contribution < -0.4 is 4.74 Å². The molecular formula is C22H26O3. The van der Waals surface area contributed by atoms with E-state index in [9.17, 15) is 4.79 Å². The van der Waals surface area contributed by atoms with Crippen LogP contribution in [0.5, 0.6) is 5.75 Å². The van der Waals surface area contributed by atoms with Gasteiger partial charge in [0.15, 0.2) is 0 Å². The number of esters is 1. The molecule has 0 N–H and O–H groups in total. The molecular weight excluding hydrogens is 312 g/mol. The molecule has 1 aromatic rings. The highest BCUT2D eigenvalue weighted by Gasteiger charge is 2.47. The molecule has 3 aliphatic rings. The fourth-order valence-electron chi connectivity index (χ4n) is 5.13. The molecule has 0 saturated heterocycles. The molecule has 3 nitrogen and oxygen atoms in total. The Morgan fingerprint density at radius 1 is 1.20 bits per heavy atom. The van der Waals surface area contributed by atoms with E-state index >= 15 is 0 Å². The zero-order chi connectivity index (χ0) is 17.8. The van der Waals surface area contributed by atoms with Crippen molar-refractivity contribution in [3.05, 3.63) is 46.0 Å². The number of carbonyl (C=O) groups excluding carboxylic acids is 1. The summed E-state index contributed by atoms with van der Waals surface area (Å²) in [5.74, 6) is 0.816. The van der Waals surface area contributed by atoms with Crippen LogP contribution in [0.4, 0.5) is 0 Å². The largest absolute Gasteiger partial charge is 0.496 e. The average Bonchev–Trinajstić information content (AvgIpc) is 2.91. The van der Waals surface area contributed by atoms with Crippen molar-refractivity contribution in [2.75, 3.05) is 7.11 Å². The summed E-state index contributed by atoms with van der Waals surface area (Å²) in [6.07, 6.45) is 7.39. The van der Waals surface area contributed by atoms with E-state index in [2.05, 4.69) is 32.1 Å². The third-order valence-corrected chi connectivity index (χ3v) is 6.47. The van der Waals surface area contributed by atoms with E-state index in [-0.39, 0.29) is 17.5 Å². The Labute approximate surface area is 149 Å². The van der Waals surface area contributed by atoms with Gasteiger partial charge >= 0.3 is 5.97 Å². The van der Waals surface area contributed by atoms with Crippen molar-refractivity contribution in [3.8, 4) is 5.75 Å². The Hall–Kier alpha value is -2.03. The van der Waals surface area contributed by atoms with Crippen molar-refractivity contribution in [2.45, 2.75) is 59.0 Å². The second kappa shape index (κ2) is 5.76. The van der Waals surface area contributed by atoms with E-state index in [1.807, 2.05) is 0 Å². The van der Waals surface area contributed by atoms with Crippen LogP contribution in [0.3, 0.4) is 0 Å². The van der Waals surface area contributed by atoms with Gasteiger partial charge in [-0.1, -0.05) is 19.1 Å². The Morgan fingerprint density at radius 2 is 2.00 bits per heavy atom. The Bertz CT molecular complexity index is 815. The van der Waals surface area contributed by atoms with E-state index in [4.69, 9.17) is 9.47 Å². The number of ether oxygens (including phenoxy) is 2. The molecule has 0 unspecified atom stereocenters. The van der Waals surface area contributed by atoms with Crippen molar-refractivity contribution < 1.29 is 14.3 Å². The molecule has 0 aliphatic heterocycles. The third-order valence-electron chi connectivity index (χ3n) is 6.47. The van der Waals surface area contributed by atoms with Crippen molar-refractivity contribution in [3.63, 3.8) is 0 Å². The normalized spacial score (nSPS) is 27.2. The summed E-state index contributed by atoms with van der Waals surface area (Å²) in [6.45, 7) is 5.96. The van der Waals surface area contributed by atoms with Gasteiger partial charge in [-0.05, 0) is 72.1 Å². The molecule has 25 heavy (non-hydrogen) atoms. The second-order valence-corrected chi connectivity index (χ2v) is 7.75. The predicted molar refractivity (Wildman–Crippen MR) is 98.6 cm³/mol. The van der Waals surface area contributed by atoms with Gasteiger partial charge in [0.05, 0.1) is 7.11 Å². The summed E-state index contributed by atoms with van der Waals surface area (Å²) in [5.41, 5.74) is 8.52. The molecule has 0 amide bonds. The fraction of sp³-hybridized carbons (Fsp3) is 0.500. The van der Waals surface area contributed by atoms with Gasteiger partial charge in [0, 0.05) is 18.8 Å². The van der Waals surface area contributed by atoms with Crippen molar-refractivity contribution in [1.29, 1.82) is 0 Å². The predicted octanol–water partition coefficient (Wildman–Crippen LogP) is 4.77. The highest BCUT2D eigenvalue weighted by Crippen LogP contribution is 2.56. The lowest BCUT2D eigenvalue weighted by molar-refractivity contribution is -0.150. The molecule has 0 fully saturated rings. The molecule has 0 aromatic heterocycles.